The number of benzene rings is 2. The maximum atomic E-state index is 13.1. The number of hydrogen-bond donors (Lipinski definition) is 1. The summed E-state index contributed by atoms with van der Waals surface area (Å²) in [5.74, 6) is -0.176. The molecule has 150 valence electrons. The zero-order chi connectivity index (χ0) is 20.3. The third kappa shape index (κ3) is 4.04. The van der Waals surface area contributed by atoms with Crippen molar-refractivity contribution in [1.29, 1.82) is 0 Å². The summed E-state index contributed by atoms with van der Waals surface area (Å²) < 4.78 is 37.9. The van der Waals surface area contributed by atoms with Gasteiger partial charge in [0.15, 0.2) is 0 Å². The fourth-order valence-electron chi connectivity index (χ4n) is 3.03. The van der Waals surface area contributed by atoms with E-state index in [0.29, 0.717) is 18.9 Å². The SMILES string of the molecule is COc1ccc(C(=O)Nc2cccc(C)c2C)cc1S(=O)(=O)N1CCOCC1. The highest BCUT2D eigenvalue weighted by molar-refractivity contribution is 7.89. The summed E-state index contributed by atoms with van der Waals surface area (Å²) in [5.41, 5.74) is 2.96. The van der Waals surface area contributed by atoms with Crippen LogP contribution in [0.4, 0.5) is 5.69 Å². The first-order chi connectivity index (χ1) is 13.3. The molecule has 0 unspecified atom stereocenters. The number of amides is 1. The van der Waals surface area contributed by atoms with Gasteiger partial charge in [0.1, 0.15) is 10.6 Å². The number of aryl methyl sites for hydroxylation is 1. The van der Waals surface area contributed by atoms with Gasteiger partial charge in [0.05, 0.1) is 20.3 Å². The molecule has 0 radical (unpaired) electrons. The molecule has 7 nitrogen and oxygen atoms in total. The zero-order valence-electron chi connectivity index (χ0n) is 16.2. The van der Waals surface area contributed by atoms with Crippen molar-refractivity contribution in [1.82, 2.24) is 4.31 Å². The van der Waals surface area contributed by atoms with Gasteiger partial charge in [-0.05, 0) is 49.2 Å². The highest BCUT2D eigenvalue weighted by Gasteiger charge is 2.30. The summed E-state index contributed by atoms with van der Waals surface area (Å²) in [6, 6.07) is 10.1. The Hall–Kier alpha value is -2.42. The maximum Gasteiger partial charge on any atom is 0.255 e. The number of hydrogen-bond acceptors (Lipinski definition) is 5. The Morgan fingerprint density at radius 2 is 1.86 bits per heavy atom. The Labute approximate surface area is 165 Å². The second-order valence-corrected chi connectivity index (χ2v) is 8.49. The van der Waals surface area contributed by atoms with Crippen molar-refractivity contribution >= 4 is 21.6 Å². The van der Waals surface area contributed by atoms with Crippen molar-refractivity contribution in [2.75, 3.05) is 38.7 Å². The van der Waals surface area contributed by atoms with Gasteiger partial charge in [-0.2, -0.15) is 4.31 Å². The van der Waals surface area contributed by atoms with Crippen LogP contribution in [0.3, 0.4) is 0 Å². The quantitative estimate of drug-likeness (QED) is 0.828. The average molecular weight is 404 g/mol. The molecule has 2 aromatic carbocycles. The van der Waals surface area contributed by atoms with Crippen LogP contribution in [0.1, 0.15) is 21.5 Å². The molecule has 0 spiro atoms. The van der Waals surface area contributed by atoms with Crippen LogP contribution >= 0.6 is 0 Å². The third-order valence-electron chi connectivity index (χ3n) is 4.87. The molecule has 3 rings (SSSR count). The number of carbonyl (C=O) groups is 1. The summed E-state index contributed by atoms with van der Waals surface area (Å²) in [6.07, 6.45) is 0. The lowest BCUT2D eigenvalue weighted by Gasteiger charge is -2.26. The first-order valence-electron chi connectivity index (χ1n) is 8.98. The van der Waals surface area contributed by atoms with Crippen LogP contribution in [0.2, 0.25) is 0 Å². The van der Waals surface area contributed by atoms with Crippen LogP contribution in [0.5, 0.6) is 5.75 Å². The Morgan fingerprint density at radius 1 is 1.14 bits per heavy atom. The average Bonchev–Trinajstić information content (AvgIpc) is 2.71. The van der Waals surface area contributed by atoms with E-state index in [1.54, 1.807) is 6.07 Å². The summed E-state index contributed by atoms with van der Waals surface area (Å²) >= 11 is 0. The van der Waals surface area contributed by atoms with E-state index in [1.165, 1.54) is 23.5 Å². The number of methoxy groups -OCH3 is 1. The minimum absolute atomic E-state index is 0.0227. The molecule has 0 bridgehead atoms. The van der Waals surface area contributed by atoms with E-state index >= 15 is 0 Å². The van der Waals surface area contributed by atoms with Gasteiger partial charge in [-0.1, -0.05) is 12.1 Å². The lowest BCUT2D eigenvalue weighted by molar-refractivity contribution is 0.0729. The van der Waals surface area contributed by atoms with Crippen LogP contribution in [-0.4, -0.2) is 52.0 Å². The molecular weight excluding hydrogens is 380 g/mol. The Kier molecular flexibility index (Phi) is 6.02. The van der Waals surface area contributed by atoms with E-state index in [4.69, 9.17) is 9.47 Å². The fraction of sp³-hybridized carbons (Fsp3) is 0.350. The number of anilines is 1. The van der Waals surface area contributed by atoms with Crippen LogP contribution in [-0.2, 0) is 14.8 Å². The van der Waals surface area contributed by atoms with Crippen LogP contribution in [0, 0.1) is 13.8 Å². The lowest BCUT2D eigenvalue weighted by Crippen LogP contribution is -2.40. The highest BCUT2D eigenvalue weighted by atomic mass is 32.2. The fourth-order valence-corrected chi connectivity index (χ4v) is 4.62. The third-order valence-corrected chi connectivity index (χ3v) is 6.79. The molecule has 1 aliphatic rings. The molecular formula is C20H24N2O5S. The minimum atomic E-state index is -3.80. The van der Waals surface area contributed by atoms with Crippen LogP contribution in [0.25, 0.3) is 0 Å². The Bertz CT molecular complexity index is 982. The first kappa shape index (κ1) is 20.3. The molecule has 1 N–H and O–H groups in total. The number of rotatable bonds is 5. The number of morpholine rings is 1. The topological polar surface area (TPSA) is 84.9 Å². The normalized spacial score (nSPS) is 15.2. The molecule has 1 fully saturated rings. The summed E-state index contributed by atoms with van der Waals surface area (Å²) in [4.78, 5) is 12.7. The number of carbonyl (C=O) groups excluding carboxylic acids is 1. The van der Waals surface area contributed by atoms with E-state index in [0.717, 1.165) is 11.1 Å². The number of nitrogens with zero attached hydrogens (tertiary/aromatic N) is 1. The smallest absolute Gasteiger partial charge is 0.255 e. The maximum absolute atomic E-state index is 13.1. The molecule has 0 saturated carbocycles. The molecule has 8 heteroatoms. The van der Waals surface area contributed by atoms with Crippen molar-refractivity contribution < 1.29 is 22.7 Å². The van der Waals surface area contributed by atoms with Crippen molar-refractivity contribution in [2.24, 2.45) is 0 Å². The molecule has 0 aromatic heterocycles. The number of ether oxygens (including phenoxy) is 2. The van der Waals surface area contributed by atoms with Gasteiger partial charge in [-0.3, -0.25) is 4.79 Å². The molecule has 1 saturated heterocycles. The van der Waals surface area contributed by atoms with Crippen LogP contribution in [0.15, 0.2) is 41.3 Å². The van der Waals surface area contributed by atoms with Gasteiger partial charge in [-0.25, -0.2) is 8.42 Å². The van der Waals surface area contributed by atoms with Gasteiger partial charge in [0, 0.05) is 24.3 Å². The summed E-state index contributed by atoms with van der Waals surface area (Å²) in [7, 11) is -2.39. The molecule has 28 heavy (non-hydrogen) atoms. The highest BCUT2D eigenvalue weighted by Crippen LogP contribution is 2.29. The van der Waals surface area contributed by atoms with E-state index in [9.17, 15) is 13.2 Å². The van der Waals surface area contributed by atoms with Crippen molar-refractivity contribution in [3.05, 3.63) is 53.1 Å². The number of sulfonamides is 1. The molecule has 1 aliphatic heterocycles. The standard InChI is InChI=1S/C20H24N2O5S/c1-14-5-4-6-17(15(14)2)21-20(23)16-7-8-18(26-3)19(13-16)28(24,25)22-9-11-27-12-10-22/h4-8,13H,9-12H2,1-3H3,(H,21,23). The minimum Gasteiger partial charge on any atom is -0.495 e. The van der Waals surface area contributed by atoms with Gasteiger partial charge in [-0.15, -0.1) is 0 Å². The van der Waals surface area contributed by atoms with E-state index in [-0.39, 0.29) is 35.2 Å². The monoisotopic (exact) mass is 404 g/mol. The molecule has 2 aromatic rings. The summed E-state index contributed by atoms with van der Waals surface area (Å²) in [6.45, 7) is 5.11. The van der Waals surface area contributed by atoms with E-state index < -0.39 is 10.0 Å². The van der Waals surface area contributed by atoms with Gasteiger partial charge < -0.3 is 14.8 Å². The summed E-state index contributed by atoms with van der Waals surface area (Å²) in [5, 5.41) is 2.85. The second kappa shape index (κ2) is 8.30. The van der Waals surface area contributed by atoms with Crippen molar-refractivity contribution in [2.45, 2.75) is 18.7 Å². The van der Waals surface area contributed by atoms with Crippen molar-refractivity contribution in [3.8, 4) is 5.75 Å². The van der Waals surface area contributed by atoms with Gasteiger partial charge >= 0.3 is 0 Å². The lowest BCUT2D eigenvalue weighted by atomic mass is 10.1. The molecule has 1 heterocycles. The Balaban J connectivity index is 1.94. The van der Waals surface area contributed by atoms with Crippen LogP contribution < -0.4 is 10.1 Å². The predicted molar refractivity (Wildman–Crippen MR) is 106 cm³/mol. The number of nitrogens with one attached hydrogen (secondary N) is 1. The molecule has 0 aliphatic carbocycles. The predicted octanol–water partition coefficient (Wildman–Crippen LogP) is 2.59. The van der Waals surface area contributed by atoms with Gasteiger partial charge in [0.2, 0.25) is 10.0 Å². The van der Waals surface area contributed by atoms with Crippen molar-refractivity contribution in [3.63, 3.8) is 0 Å². The Morgan fingerprint density at radius 3 is 2.54 bits per heavy atom. The molecule has 0 atom stereocenters. The zero-order valence-corrected chi connectivity index (χ0v) is 17.0. The van der Waals surface area contributed by atoms with Gasteiger partial charge in [0.25, 0.3) is 5.91 Å². The first-order valence-corrected chi connectivity index (χ1v) is 10.4. The second-order valence-electron chi connectivity index (χ2n) is 6.58. The molecule has 1 amide bonds. The largest absolute Gasteiger partial charge is 0.495 e. The van der Waals surface area contributed by atoms with E-state index in [2.05, 4.69) is 5.32 Å². The van der Waals surface area contributed by atoms with E-state index in [1.807, 2.05) is 32.0 Å².